The van der Waals surface area contributed by atoms with Crippen LogP contribution >= 0.6 is 0 Å². The molecular formula is C38H34N6O. The number of amidine groups is 1. The summed E-state index contributed by atoms with van der Waals surface area (Å²) in [4.78, 5) is 12.3. The molecule has 7 nitrogen and oxygen atoms in total. The molecule has 0 radical (unpaired) electrons. The first-order chi connectivity index (χ1) is 22.3. The van der Waals surface area contributed by atoms with Crippen molar-refractivity contribution in [2.45, 2.75) is 44.4 Å². The van der Waals surface area contributed by atoms with Crippen molar-refractivity contribution in [1.82, 2.24) is 25.2 Å². The van der Waals surface area contributed by atoms with E-state index >= 15 is 0 Å². The number of pyridine rings is 1. The van der Waals surface area contributed by atoms with Gasteiger partial charge in [0, 0.05) is 64.2 Å². The smallest absolute Gasteiger partial charge is 0.173 e. The Kier molecular flexibility index (Phi) is 6.21. The average Bonchev–Trinajstić information content (AvgIpc) is 3.87. The Morgan fingerprint density at radius 2 is 1.76 bits per heavy atom. The zero-order chi connectivity index (χ0) is 29.7. The van der Waals surface area contributed by atoms with E-state index in [9.17, 15) is 0 Å². The third-order valence-corrected chi connectivity index (χ3v) is 9.59. The van der Waals surface area contributed by atoms with Gasteiger partial charge in [0.15, 0.2) is 12.0 Å². The van der Waals surface area contributed by atoms with Gasteiger partial charge in [-0.25, -0.2) is 4.99 Å². The van der Waals surface area contributed by atoms with Crippen LogP contribution in [0, 0.1) is 5.92 Å². The van der Waals surface area contributed by atoms with E-state index in [0.29, 0.717) is 5.92 Å². The summed E-state index contributed by atoms with van der Waals surface area (Å²) in [7, 11) is 0. The molecular weight excluding hydrogens is 556 g/mol. The average molecular weight is 591 g/mol. The van der Waals surface area contributed by atoms with Crippen LogP contribution in [0.2, 0.25) is 0 Å². The number of allylic oxidation sites excluding steroid dienone is 3. The number of nitrogens with one attached hydrogen (secondary N) is 3. The minimum Gasteiger partial charge on any atom is -0.468 e. The number of aromatic nitrogens is 3. The lowest BCUT2D eigenvalue weighted by molar-refractivity contribution is 0.0993. The van der Waals surface area contributed by atoms with Crippen molar-refractivity contribution < 1.29 is 4.74 Å². The summed E-state index contributed by atoms with van der Waals surface area (Å²) in [6.07, 6.45) is 19.7. The first kappa shape index (κ1) is 26.1. The van der Waals surface area contributed by atoms with E-state index in [-0.39, 0.29) is 12.3 Å². The lowest BCUT2D eigenvalue weighted by Gasteiger charge is -2.25. The van der Waals surface area contributed by atoms with Gasteiger partial charge in [0.05, 0.1) is 23.0 Å². The lowest BCUT2D eigenvalue weighted by Crippen LogP contribution is -2.33. The third-order valence-electron chi connectivity index (χ3n) is 9.59. The van der Waals surface area contributed by atoms with E-state index in [1.165, 1.54) is 39.8 Å². The van der Waals surface area contributed by atoms with Gasteiger partial charge in [0.1, 0.15) is 5.84 Å². The van der Waals surface area contributed by atoms with Crippen molar-refractivity contribution in [2.24, 2.45) is 10.9 Å². The number of para-hydroxylation sites is 1. The van der Waals surface area contributed by atoms with Gasteiger partial charge < -0.3 is 24.9 Å². The number of H-pyrrole nitrogens is 1. The topological polar surface area (TPSA) is 79.3 Å². The molecule has 3 aromatic heterocycles. The Labute approximate surface area is 262 Å². The van der Waals surface area contributed by atoms with Crippen molar-refractivity contribution in [3.05, 3.63) is 143 Å². The second-order valence-corrected chi connectivity index (χ2v) is 12.3. The van der Waals surface area contributed by atoms with Crippen LogP contribution in [-0.2, 0) is 11.2 Å². The number of hydrogen-bond acceptors (Lipinski definition) is 5. The minimum absolute atomic E-state index is 0.0304. The van der Waals surface area contributed by atoms with Crippen LogP contribution in [0.15, 0.2) is 120 Å². The van der Waals surface area contributed by atoms with E-state index in [1.54, 1.807) is 12.4 Å². The molecule has 5 aromatic rings. The number of hydrogen-bond donors (Lipinski definition) is 3. The maximum atomic E-state index is 6.76. The summed E-state index contributed by atoms with van der Waals surface area (Å²) >= 11 is 0. The van der Waals surface area contributed by atoms with Gasteiger partial charge in [0.25, 0.3) is 0 Å². The lowest BCUT2D eigenvalue weighted by atomic mass is 9.93. The van der Waals surface area contributed by atoms with E-state index in [0.717, 1.165) is 59.8 Å². The maximum absolute atomic E-state index is 6.76. The fraction of sp³-hybridized carbons (Fsp3) is 0.211. The molecule has 3 unspecified atom stereocenters. The Morgan fingerprint density at radius 1 is 0.867 bits per heavy atom. The van der Waals surface area contributed by atoms with Crippen LogP contribution in [0.4, 0.5) is 0 Å². The summed E-state index contributed by atoms with van der Waals surface area (Å²) in [5.74, 6) is 2.40. The molecule has 0 bridgehead atoms. The summed E-state index contributed by atoms with van der Waals surface area (Å²) in [6.45, 7) is 0. The number of fused-ring (bicyclic) bond motifs is 4. The molecule has 2 aliphatic heterocycles. The van der Waals surface area contributed by atoms with Crippen molar-refractivity contribution in [3.8, 4) is 5.69 Å². The summed E-state index contributed by atoms with van der Waals surface area (Å²) in [5, 5.41) is 8.69. The highest BCUT2D eigenvalue weighted by atomic mass is 16.5. The highest BCUT2D eigenvalue weighted by molar-refractivity contribution is 6.03. The molecule has 3 atom stereocenters. The molecule has 9 rings (SSSR count). The molecule has 0 spiro atoms. The number of nitrogens with zero attached hydrogens (tertiary/aromatic N) is 3. The molecule has 5 heterocycles. The number of aliphatic imine (C=N–C) groups is 1. The van der Waals surface area contributed by atoms with Crippen molar-refractivity contribution in [3.63, 3.8) is 0 Å². The molecule has 2 aliphatic carbocycles. The van der Waals surface area contributed by atoms with Crippen LogP contribution in [0.5, 0.6) is 0 Å². The van der Waals surface area contributed by atoms with E-state index < -0.39 is 0 Å². The molecule has 2 aromatic carbocycles. The molecule has 222 valence electrons. The second-order valence-electron chi connectivity index (χ2n) is 12.3. The molecule has 0 fully saturated rings. The van der Waals surface area contributed by atoms with E-state index in [1.807, 2.05) is 24.5 Å². The molecule has 3 N–H and O–H groups in total. The summed E-state index contributed by atoms with van der Waals surface area (Å²) in [5.41, 5.74) is 10.4. The number of benzene rings is 2. The van der Waals surface area contributed by atoms with Gasteiger partial charge in [-0.2, -0.15) is 0 Å². The van der Waals surface area contributed by atoms with Crippen molar-refractivity contribution in [1.29, 1.82) is 0 Å². The van der Waals surface area contributed by atoms with Gasteiger partial charge >= 0.3 is 0 Å². The highest BCUT2D eigenvalue weighted by Crippen LogP contribution is 2.44. The predicted octanol–water partition coefficient (Wildman–Crippen LogP) is 7.40. The van der Waals surface area contributed by atoms with Gasteiger partial charge in [-0.15, -0.1) is 0 Å². The Hall–Kier alpha value is -5.30. The standard InChI is InChI=1S/C38H34N6O/c1-2-6-26(7-3-1)38-43-30-14-15-34-35(36(30)45-38)29-8-4-5-9-33(29)44(34)28-12-10-24(11-13-28)31-22-32(27-18-21-40-23-27)42-37(41-31)25-16-19-39-20-17-25/h1-2,4-5,8-13,16-23,26,31,38,40,43H,3,6-7,14-15H2,(H,41,42). The van der Waals surface area contributed by atoms with Gasteiger partial charge in [0.2, 0.25) is 0 Å². The van der Waals surface area contributed by atoms with Gasteiger partial charge in [-0.1, -0.05) is 42.5 Å². The zero-order valence-corrected chi connectivity index (χ0v) is 24.9. The SMILES string of the molecule is C1=CCC(C2NC3=C(O2)c2c(n(-c4ccc(C5C=C(c6cc[nH]c6)N=C(c6ccncc6)N5)cc4)c4ccccc24)CC3)CC1. The Bertz CT molecular complexity index is 2010. The quantitative estimate of drug-likeness (QED) is 0.186. The normalized spacial score (nSPS) is 22.2. The van der Waals surface area contributed by atoms with Crippen LogP contribution in [0.1, 0.15) is 59.7 Å². The number of aromatic amines is 1. The monoisotopic (exact) mass is 590 g/mol. The molecule has 0 amide bonds. The summed E-state index contributed by atoms with van der Waals surface area (Å²) in [6, 6.07) is 23.7. The van der Waals surface area contributed by atoms with Crippen molar-refractivity contribution >= 4 is 28.2 Å². The first-order valence-corrected chi connectivity index (χ1v) is 15.9. The third kappa shape index (κ3) is 4.49. The Morgan fingerprint density at radius 3 is 2.58 bits per heavy atom. The number of rotatable bonds is 5. The van der Waals surface area contributed by atoms with Gasteiger partial charge in [-0.05, 0) is 80.1 Å². The van der Waals surface area contributed by atoms with Crippen molar-refractivity contribution in [2.75, 3.05) is 0 Å². The van der Waals surface area contributed by atoms with E-state index in [2.05, 4.69) is 98.0 Å². The first-order valence-electron chi connectivity index (χ1n) is 15.9. The highest BCUT2D eigenvalue weighted by Gasteiger charge is 2.37. The van der Waals surface area contributed by atoms with Crippen LogP contribution < -0.4 is 10.6 Å². The molecule has 0 saturated carbocycles. The molecule has 4 aliphatic rings. The fourth-order valence-corrected chi connectivity index (χ4v) is 7.34. The number of ether oxygens (including phenoxy) is 1. The zero-order valence-electron chi connectivity index (χ0n) is 24.9. The molecule has 45 heavy (non-hydrogen) atoms. The molecule has 7 heteroatoms. The fourth-order valence-electron chi connectivity index (χ4n) is 7.34. The van der Waals surface area contributed by atoms with Crippen LogP contribution in [0.25, 0.3) is 28.0 Å². The second kappa shape index (κ2) is 10.7. The van der Waals surface area contributed by atoms with Gasteiger partial charge in [-0.3, -0.25) is 4.98 Å². The van der Waals surface area contributed by atoms with Crippen LogP contribution in [0.3, 0.4) is 0 Å². The maximum Gasteiger partial charge on any atom is 0.173 e. The Balaban J connectivity index is 1.07. The van der Waals surface area contributed by atoms with E-state index in [4.69, 9.17) is 9.73 Å². The summed E-state index contributed by atoms with van der Waals surface area (Å²) < 4.78 is 9.21. The van der Waals surface area contributed by atoms with Crippen LogP contribution in [-0.4, -0.2) is 26.6 Å². The predicted molar refractivity (Wildman–Crippen MR) is 178 cm³/mol. The largest absolute Gasteiger partial charge is 0.468 e. The molecule has 0 saturated heterocycles. The minimum atomic E-state index is -0.0304.